The van der Waals surface area contributed by atoms with Gasteiger partial charge >= 0.3 is 17.1 Å². The fraction of sp³-hybridized carbons (Fsp3) is 0.895. The van der Waals surface area contributed by atoms with Crippen molar-refractivity contribution in [3.8, 4) is 0 Å². The predicted molar refractivity (Wildman–Crippen MR) is 109 cm³/mol. The largest absolute Gasteiger partial charge is 0.414 e. The van der Waals surface area contributed by atoms with Gasteiger partial charge in [-0.25, -0.2) is 0 Å². The first kappa shape index (κ1) is 22.3. The van der Waals surface area contributed by atoms with Crippen molar-refractivity contribution in [3.05, 3.63) is 12.7 Å². The minimum absolute atomic E-state index is 0.240. The molecule has 0 aromatic carbocycles. The van der Waals surface area contributed by atoms with Crippen molar-refractivity contribution in [1.82, 2.24) is 0 Å². The SMILES string of the molecule is C=C[C@@H]1O[C@@H]2CO[Si](C(C)C)(C(C)C)O[Si](C(C)C)(C(C)C)O[C@H]2[C@H]1O. The fourth-order valence-electron chi connectivity index (χ4n) is 4.38. The van der Waals surface area contributed by atoms with Crippen molar-refractivity contribution < 1.29 is 22.8 Å². The maximum Gasteiger partial charge on any atom is 0.335 e. The highest BCUT2D eigenvalue weighted by Crippen LogP contribution is 2.47. The number of ether oxygens (including phenoxy) is 1. The van der Waals surface area contributed by atoms with Crippen LogP contribution in [0.3, 0.4) is 0 Å². The summed E-state index contributed by atoms with van der Waals surface area (Å²) in [5, 5.41) is 10.7. The van der Waals surface area contributed by atoms with E-state index in [4.69, 9.17) is 17.7 Å². The van der Waals surface area contributed by atoms with Crippen LogP contribution in [0.1, 0.15) is 55.4 Å². The zero-order chi connectivity index (χ0) is 19.9. The second kappa shape index (κ2) is 8.15. The maximum atomic E-state index is 10.7. The maximum absolute atomic E-state index is 10.7. The van der Waals surface area contributed by atoms with Gasteiger partial charge in [0, 0.05) is 0 Å². The Labute approximate surface area is 161 Å². The quantitative estimate of drug-likeness (QED) is 0.550. The molecule has 1 N–H and O–H groups in total. The molecule has 0 spiro atoms. The molecule has 5 nitrogen and oxygen atoms in total. The van der Waals surface area contributed by atoms with E-state index in [-0.39, 0.29) is 17.2 Å². The van der Waals surface area contributed by atoms with Gasteiger partial charge in [0.2, 0.25) is 0 Å². The topological polar surface area (TPSA) is 57.2 Å². The first-order chi connectivity index (χ1) is 12.0. The van der Waals surface area contributed by atoms with Crippen LogP contribution in [0.4, 0.5) is 0 Å². The molecule has 0 bridgehead atoms. The highest BCUT2D eigenvalue weighted by Gasteiger charge is 2.61. The molecular weight excluding hydrogens is 364 g/mol. The second-order valence-electron chi connectivity index (χ2n) is 8.92. The molecular formula is C19H38O5Si2. The Bertz CT molecular complexity index is 478. The highest BCUT2D eigenvalue weighted by molar-refractivity contribution is 6.83. The average Bonchev–Trinajstić information content (AvgIpc) is 2.81. The van der Waals surface area contributed by atoms with Crippen molar-refractivity contribution in [3.63, 3.8) is 0 Å². The van der Waals surface area contributed by atoms with Crippen LogP contribution in [0, 0.1) is 0 Å². The van der Waals surface area contributed by atoms with Crippen LogP contribution in [-0.4, -0.2) is 53.3 Å². The lowest BCUT2D eigenvalue weighted by Gasteiger charge is -2.51. The van der Waals surface area contributed by atoms with Gasteiger partial charge in [0.1, 0.15) is 24.4 Å². The first-order valence-corrected chi connectivity index (χ1v) is 13.9. The third kappa shape index (κ3) is 3.64. The molecule has 26 heavy (non-hydrogen) atoms. The molecule has 4 atom stereocenters. The normalized spacial score (nSPS) is 34.2. The van der Waals surface area contributed by atoms with Crippen LogP contribution < -0.4 is 0 Å². The van der Waals surface area contributed by atoms with E-state index < -0.39 is 35.4 Å². The Balaban J connectivity index is 2.54. The number of aliphatic hydroxyl groups is 1. The Morgan fingerprint density at radius 2 is 1.42 bits per heavy atom. The lowest BCUT2D eigenvalue weighted by Crippen LogP contribution is -2.65. The Hall–Kier alpha value is -0.0262. The van der Waals surface area contributed by atoms with Gasteiger partial charge in [-0.15, -0.1) is 6.58 Å². The summed E-state index contributed by atoms with van der Waals surface area (Å²) >= 11 is 0. The van der Waals surface area contributed by atoms with E-state index >= 15 is 0 Å². The van der Waals surface area contributed by atoms with E-state index in [0.29, 0.717) is 17.7 Å². The van der Waals surface area contributed by atoms with Crippen molar-refractivity contribution in [1.29, 1.82) is 0 Å². The minimum atomic E-state index is -2.69. The molecule has 0 saturated carbocycles. The number of rotatable bonds is 5. The molecule has 0 aromatic heterocycles. The number of aliphatic hydroxyl groups excluding tert-OH is 1. The third-order valence-corrected chi connectivity index (χ3v) is 16.2. The van der Waals surface area contributed by atoms with Gasteiger partial charge in [0.15, 0.2) is 0 Å². The summed E-state index contributed by atoms with van der Waals surface area (Å²) in [7, 11) is -5.23. The number of hydrogen-bond donors (Lipinski definition) is 1. The van der Waals surface area contributed by atoms with Crippen LogP contribution in [0.5, 0.6) is 0 Å². The molecule has 0 aromatic rings. The smallest absolute Gasteiger partial charge is 0.335 e. The second-order valence-corrected chi connectivity index (χ2v) is 17.8. The van der Waals surface area contributed by atoms with Crippen LogP contribution in [0.15, 0.2) is 12.7 Å². The summed E-state index contributed by atoms with van der Waals surface area (Å²) in [5.74, 6) is 0. The van der Waals surface area contributed by atoms with Gasteiger partial charge in [-0.1, -0.05) is 61.5 Å². The predicted octanol–water partition coefficient (Wildman–Crippen LogP) is 4.26. The lowest BCUT2D eigenvalue weighted by molar-refractivity contribution is -0.0337. The summed E-state index contributed by atoms with van der Waals surface area (Å²) in [4.78, 5) is 0. The molecule has 2 rings (SSSR count). The standard InChI is InChI=1S/C19H38O5Si2/c1-10-16-18(20)19-17(22-16)11-21-25(12(2)3,13(4)5)24-26(23-19,14(6)7)15(8)9/h10,12-20H,1,11H2,2-9H3/t16-,17+,18-,19+/m0/s1. The van der Waals surface area contributed by atoms with E-state index in [1.165, 1.54) is 0 Å². The Morgan fingerprint density at radius 3 is 1.85 bits per heavy atom. The molecule has 2 saturated heterocycles. The summed E-state index contributed by atoms with van der Waals surface area (Å²) in [6.45, 7) is 21.7. The van der Waals surface area contributed by atoms with Gasteiger partial charge in [0.25, 0.3) is 0 Å². The summed E-state index contributed by atoms with van der Waals surface area (Å²) in [6.07, 6.45) is -0.219. The molecule has 7 heteroatoms. The molecule has 2 aliphatic rings. The van der Waals surface area contributed by atoms with Crippen molar-refractivity contribution in [2.45, 2.75) is 102 Å². The van der Waals surface area contributed by atoms with Crippen molar-refractivity contribution >= 4 is 17.1 Å². The van der Waals surface area contributed by atoms with Gasteiger partial charge in [-0.05, 0) is 22.2 Å². The monoisotopic (exact) mass is 402 g/mol. The molecule has 0 unspecified atom stereocenters. The van der Waals surface area contributed by atoms with E-state index in [0.717, 1.165) is 0 Å². The van der Waals surface area contributed by atoms with Crippen LogP contribution in [-0.2, 0) is 17.7 Å². The number of fused-ring (bicyclic) bond motifs is 1. The van der Waals surface area contributed by atoms with Crippen LogP contribution >= 0.6 is 0 Å². The zero-order valence-corrected chi connectivity index (χ0v) is 19.7. The van der Waals surface area contributed by atoms with Crippen LogP contribution in [0.25, 0.3) is 0 Å². The van der Waals surface area contributed by atoms with E-state index in [1.807, 2.05) is 0 Å². The summed E-state index contributed by atoms with van der Waals surface area (Å²) in [6, 6.07) is 0. The van der Waals surface area contributed by atoms with Crippen molar-refractivity contribution in [2.75, 3.05) is 6.61 Å². The zero-order valence-electron chi connectivity index (χ0n) is 17.7. The minimum Gasteiger partial charge on any atom is -0.414 e. The van der Waals surface area contributed by atoms with Gasteiger partial charge in [-0.3, -0.25) is 0 Å². The van der Waals surface area contributed by atoms with Gasteiger partial charge < -0.3 is 22.8 Å². The summed E-state index contributed by atoms with van der Waals surface area (Å²) in [5.41, 5.74) is 1.08. The average molecular weight is 403 g/mol. The Morgan fingerprint density at radius 1 is 0.923 bits per heavy atom. The fourth-order valence-corrected chi connectivity index (χ4v) is 15.6. The lowest BCUT2D eigenvalue weighted by atomic mass is 10.1. The Kier molecular flexibility index (Phi) is 6.98. The third-order valence-electron chi connectivity index (χ3n) is 5.94. The van der Waals surface area contributed by atoms with Crippen molar-refractivity contribution in [2.24, 2.45) is 0 Å². The molecule has 152 valence electrons. The molecule has 0 amide bonds. The number of hydrogen-bond acceptors (Lipinski definition) is 5. The molecule has 2 fully saturated rings. The highest BCUT2D eigenvalue weighted by atomic mass is 28.5. The van der Waals surface area contributed by atoms with E-state index in [2.05, 4.69) is 62.0 Å². The summed E-state index contributed by atoms with van der Waals surface area (Å²) < 4.78 is 26.5. The first-order valence-electron chi connectivity index (χ1n) is 9.99. The molecule has 2 heterocycles. The van der Waals surface area contributed by atoms with Crippen LogP contribution in [0.2, 0.25) is 22.2 Å². The molecule has 0 radical (unpaired) electrons. The molecule has 0 aliphatic carbocycles. The van der Waals surface area contributed by atoms with Gasteiger partial charge in [-0.2, -0.15) is 0 Å². The molecule has 2 aliphatic heterocycles. The van der Waals surface area contributed by atoms with E-state index in [1.54, 1.807) is 6.08 Å². The van der Waals surface area contributed by atoms with Gasteiger partial charge in [0.05, 0.1) is 6.61 Å². The van der Waals surface area contributed by atoms with E-state index in [9.17, 15) is 5.11 Å².